The lowest BCUT2D eigenvalue weighted by molar-refractivity contribution is -0.384. The molecule has 7 nitrogen and oxygen atoms in total. The van der Waals surface area contributed by atoms with Crippen LogP contribution in [0, 0.1) is 17.0 Å². The minimum atomic E-state index is -0.428. The van der Waals surface area contributed by atoms with Crippen molar-refractivity contribution < 1.29 is 9.66 Å². The van der Waals surface area contributed by atoms with Crippen molar-refractivity contribution in [2.75, 3.05) is 12.4 Å². The summed E-state index contributed by atoms with van der Waals surface area (Å²) in [5, 5.41) is 18.5. The Kier molecular flexibility index (Phi) is 5.85. The number of rotatable bonds is 8. The molecule has 0 saturated heterocycles. The first kappa shape index (κ1) is 17.9. The van der Waals surface area contributed by atoms with E-state index in [-0.39, 0.29) is 5.69 Å². The van der Waals surface area contributed by atoms with Crippen molar-refractivity contribution in [3.8, 4) is 17.1 Å². The first-order chi connectivity index (χ1) is 12.6. The number of nitro groups is 1. The number of hydrogen-bond donors (Lipinski definition) is 1. The summed E-state index contributed by atoms with van der Waals surface area (Å²) in [7, 11) is 0. The second-order valence-electron chi connectivity index (χ2n) is 5.63. The van der Waals surface area contributed by atoms with E-state index in [1.54, 1.807) is 23.9 Å². The standard InChI is InChI=1S/C18H18N4O3S/c1-13-3-5-14(6-4-13)17-19-18(21-20-17)26-12-2-11-25-16-9-7-15(8-10-16)22(23)24/h3-10H,2,11-12H2,1H3,(H,19,20,21). The monoisotopic (exact) mass is 370 g/mol. The highest BCUT2D eigenvalue weighted by Crippen LogP contribution is 2.21. The minimum absolute atomic E-state index is 0.0573. The number of nitro benzene ring substituents is 1. The van der Waals surface area contributed by atoms with Gasteiger partial charge in [-0.05, 0) is 25.5 Å². The molecule has 0 amide bonds. The van der Waals surface area contributed by atoms with Crippen molar-refractivity contribution in [1.29, 1.82) is 0 Å². The van der Waals surface area contributed by atoms with E-state index in [1.807, 2.05) is 31.2 Å². The molecule has 0 bridgehead atoms. The molecule has 1 heterocycles. The maximum absolute atomic E-state index is 10.6. The highest BCUT2D eigenvalue weighted by atomic mass is 32.2. The Morgan fingerprint density at radius 3 is 2.58 bits per heavy atom. The van der Waals surface area contributed by atoms with Gasteiger partial charge in [0.15, 0.2) is 5.82 Å². The summed E-state index contributed by atoms with van der Waals surface area (Å²) in [4.78, 5) is 14.7. The Morgan fingerprint density at radius 2 is 1.88 bits per heavy atom. The third kappa shape index (κ3) is 4.82. The van der Waals surface area contributed by atoms with Gasteiger partial charge in [0, 0.05) is 23.4 Å². The summed E-state index contributed by atoms with van der Waals surface area (Å²) in [6, 6.07) is 14.2. The molecule has 2 aromatic carbocycles. The third-order valence-electron chi connectivity index (χ3n) is 3.63. The number of ether oxygens (including phenoxy) is 1. The first-order valence-corrected chi connectivity index (χ1v) is 9.10. The number of nitrogens with one attached hydrogen (secondary N) is 1. The number of non-ortho nitro benzene ring substituents is 1. The quantitative estimate of drug-likeness (QED) is 0.276. The van der Waals surface area contributed by atoms with Gasteiger partial charge in [-0.15, -0.1) is 5.10 Å². The van der Waals surface area contributed by atoms with Gasteiger partial charge in [0.1, 0.15) is 5.75 Å². The summed E-state index contributed by atoms with van der Waals surface area (Å²) in [5.41, 5.74) is 2.27. The molecule has 26 heavy (non-hydrogen) atoms. The fourth-order valence-corrected chi connectivity index (χ4v) is 2.94. The van der Waals surface area contributed by atoms with Crippen molar-refractivity contribution in [1.82, 2.24) is 15.2 Å². The summed E-state index contributed by atoms with van der Waals surface area (Å²) in [6.07, 6.45) is 0.816. The first-order valence-electron chi connectivity index (χ1n) is 8.11. The number of nitrogens with zero attached hydrogens (tertiary/aromatic N) is 3. The second-order valence-corrected chi connectivity index (χ2v) is 6.70. The van der Waals surface area contributed by atoms with E-state index in [0.717, 1.165) is 23.6 Å². The summed E-state index contributed by atoms with van der Waals surface area (Å²) in [6.45, 7) is 2.57. The maximum atomic E-state index is 10.6. The highest BCUT2D eigenvalue weighted by molar-refractivity contribution is 7.99. The van der Waals surface area contributed by atoms with Crippen LogP contribution in [0.4, 0.5) is 5.69 Å². The molecule has 1 aromatic heterocycles. The molecule has 0 spiro atoms. The minimum Gasteiger partial charge on any atom is -0.494 e. The van der Waals surface area contributed by atoms with Crippen LogP contribution in [0.15, 0.2) is 53.7 Å². The Bertz CT molecular complexity index is 863. The zero-order chi connectivity index (χ0) is 18.4. The van der Waals surface area contributed by atoms with Gasteiger partial charge in [0.05, 0.1) is 11.5 Å². The van der Waals surface area contributed by atoms with Gasteiger partial charge >= 0.3 is 0 Å². The molecule has 8 heteroatoms. The van der Waals surface area contributed by atoms with E-state index >= 15 is 0 Å². The SMILES string of the molecule is Cc1ccc(-c2nc(SCCCOc3ccc([N+](=O)[O-])cc3)n[nH]2)cc1. The molecular weight excluding hydrogens is 352 g/mol. The fourth-order valence-electron chi connectivity index (χ4n) is 2.23. The van der Waals surface area contributed by atoms with Gasteiger partial charge in [0.25, 0.3) is 5.69 Å². The van der Waals surface area contributed by atoms with Gasteiger partial charge in [-0.2, -0.15) is 0 Å². The van der Waals surface area contributed by atoms with Crippen LogP contribution in [0.25, 0.3) is 11.4 Å². The number of aromatic amines is 1. The van der Waals surface area contributed by atoms with E-state index in [0.29, 0.717) is 17.5 Å². The van der Waals surface area contributed by atoms with Gasteiger partial charge in [-0.3, -0.25) is 15.2 Å². The lowest BCUT2D eigenvalue weighted by Gasteiger charge is -2.04. The second kappa shape index (κ2) is 8.48. The van der Waals surface area contributed by atoms with Crippen LogP contribution in [0.1, 0.15) is 12.0 Å². The molecule has 0 fully saturated rings. The van der Waals surface area contributed by atoms with Crippen molar-refractivity contribution in [2.45, 2.75) is 18.5 Å². The van der Waals surface area contributed by atoms with Crippen molar-refractivity contribution in [3.05, 3.63) is 64.2 Å². The van der Waals surface area contributed by atoms with Crippen molar-refractivity contribution >= 4 is 17.4 Å². The normalized spacial score (nSPS) is 10.7. The lowest BCUT2D eigenvalue weighted by Crippen LogP contribution is -1.99. The molecule has 0 unspecified atom stereocenters. The average Bonchev–Trinajstić information content (AvgIpc) is 3.11. The predicted molar refractivity (Wildman–Crippen MR) is 100 cm³/mol. The lowest BCUT2D eigenvalue weighted by atomic mass is 10.1. The summed E-state index contributed by atoms with van der Waals surface area (Å²) in [5.74, 6) is 2.20. The average molecular weight is 370 g/mol. The van der Waals surface area contributed by atoms with Crippen LogP contribution < -0.4 is 4.74 Å². The number of H-pyrrole nitrogens is 1. The number of benzene rings is 2. The molecule has 134 valence electrons. The molecule has 0 aliphatic rings. The van der Waals surface area contributed by atoms with Crippen LogP contribution in [-0.2, 0) is 0 Å². The van der Waals surface area contributed by atoms with Gasteiger partial charge < -0.3 is 4.74 Å². The number of aromatic nitrogens is 3. The fraction of sp³-hybridized carbons (Fsp3) is 0.222. The van der Waals surface area contributed by atoms with Crippen LogP contribution in [0.2, 0.25) is 0 Å². The smallest absolute Gasteiger partial charge is 0.269 e. The molecule has 0 aliphatic carbocycles. The highest BCUT2D eigenvalue weighted by Gasteiger charge is 2.07. The molecule has 0 aliphatic heterocycles. The topological polar surface area (TPSA) is 93.9 Å². The number of aryl methyl sites for hydroxylation is 1. The van der Waals surface area contributed by atoms with E-state index in [2.05, 4.69) is 15.2 Å². The van der Waals surface area contributed by atoms with Gasteiger partial charge in [-0.1, -0.05) is 41.6 Å². The van der Waals surface area contributed by atoms with Crippen LogP contribution in [-0.4, -0.2) is 32.5 Å². The molecular formula is C18H18N4O3S. The zero-order valence-corrected chi connectivity index (χ0v) is 15.0. The molecule has 3 rings (SSSR count). The Hall–Kier alpha value is -2.87. The summed E-state index contributed by atoms with van der Waals surface area (Å²) >= 11 is 1.56. The molecule has 0 radical (unpaired) electrons. The molecule has 0 atom stereocenters. The van der Waals surface area contributed by atoms with E-state index in [9.17, 15) is 10.1 Å². The van der Waals surface area contributed by atoms with Crippen molar-refractivity contribution in [2.24, 2.45) is 0 Å². The van der Waals surface area contributed by atoms with Crippen molar-refractivity contribution in [3.63, 3.8) is 0 Å². The van der Waals surface area contributed by atoms with Crippen LogP contribution >= 0.6 is 11.8 Å². The largest absolute Gasteiger partial charge is 0.494 e. The molecule has 3 aromatic rings. The Labute approximate surface area is 155 Å². The maximum Gasteiger partial charge on any atom is 0.269 e. The van der Waals surface area contributed by atoms with Gasteiger partial charge in [-0.25, -0.2) is 4.98 Å². The van der Waals surface area contributed by atoms with E-state index in [4.69, 9.17) is 4.74 Å². The predicted octanol–water partition coefficient (Wildman–Crippen LogP) is 4.25. The number of thioether (sulfide) groups is 1. The molecule has 0 saturated carbocycles. The Morgan fingerprint density at radius 1 is 1.15 bits per heavy atom. The van der Waals surface area contributed by atoms with E-state index in [1.165, 1.54) is 17.7 Å². The molecule has 1 N–H and O–H groups in total. The third-order valence-corrected chi connectivity index (χ3v) is 4.56. The Balaban J connectivity index is 1.41. The zero-order valence-electron chi connectivity index (χ0n) is 14.2. The van der Waals surface area contributed by atoms with Crippen LogP contribution in [0.3, 0.4) is 0 Å². The van der Waals surface area contributed by atoms with E-state index < -0.39 is 4.92 Å². The van der Waals surface area contributed by atoms with Crippen LogP contribution in [0.5, 0.6) is 5.75 Å². The number of hydrogen-bond acceptors (Lipinski definition) is 6. The summed E-state index contributed by atoms with van der Waals surface area (Å²) < 4.78 is 5.58. The van der Waals surface area contributed by atoms with Gasteiger partial charge in [0.2, 0.25) is 5.16 Å².